The van der Waals surface area contributed by atoms with Gasteiger partial charge in [-0.2, -0.15) is 26.3 Å². The van der Waals surface area contributed by atoms with E-state index in [1.54, 1.807) is 0 Å². The monoisotopic (exact) mass is 580 g/mol. The van der Waals surface area contributed by atoms with Gasteiger partial charge in [-0.3, -0.25) is 14.7 Å². The van der Waals surface area contributed by atoms with Crippen LogP contribution >= 0.6 is 0 Å². The molecular formula is C23H26F6N6O5. The molecule has 2 aromatic rings. The molecule has 11 nitrogen and oxygen atoms in total. The van der Waals surface area contributed by atoms with Crippen molar-refractivity contribution >= 4 is 17.8 Å². The van der Waals surface area contributed by atoms with Crippen LogP contribution in [-0.4, -0.2) is 84.2 Å². The molecule has 220 valence electrons. The highest BCUT2D eigenvalue weighted by Gasteiger charge is 2.40. The Hall–Kier alpha value is -3.76. The first kappa shape index (κ1) is 30.8. The van der Waals surface area contributed by atoms with E-state index < -0.39 is 24.3 Å². The Kier molecular flexibility index (Phi) is 9.70. The molecule has 40 heavy (non-hydrogen) atoms. The first-order valence-corrected chi connectivity index (χ1v) is 12.1. The molecule has 0 aromatic carbocycles. The Morgan fingerprint density at radius 3 is 2.02 bits per heavy atom. The second-order valence-corrected chi connectivity index (χ2v) is 9.50. The third-order valence-corrected chi connectivity index (χ3v) is 6.58. The lowest BCUT2D eigenvalue weighted by Crippen LogP contribution is -2.41. The van der Waals surface area contributed by atoms with Gasteiger partial charge in [0, 0.05) is 44.8 Å². The average molecular weight is 580 g/mol. The fourth-order valence-corrected chi connectivity index (χ4v) is 4.44. The van der Waals surface area contributed by atoms with Crippen LogP contribution in [0.2, 0.25) is 0 Å². The van der Waals surface area contributed by atoms with Gasteiger partial charge in [-0.15, -0.1) is 10.2 Å². The van der Waals surface area contributed by atoms with Crippen molar-refractivity contribution in [2.24, 2.45) is 11.8 Å². The lowest BCUT2D eigenvalue weighted by Gasteiger charge is -2.28. The van der Waals surface area contributed by atoms with Gasteiger partial charge >= 0.3 is 24.3 Å². The van der Waals surface area contributed by atoms with Crippen LogP contribution in [-0.2, 0) is 29.1 Å². The molecule has 2 fully saturated rings. The highest BCUT2D eigenvalue weighted by atomic mass is 19.4. The summed E-state index contributed by atoms with van der Waals surface area (Å²) in [6.07, 6.45) is -4.03. The Balaban J connectivity index is 0.000000263. The van der Waals surface area contributed by atoms with Gasteiger partial charge in [0.2, 0.25) is 5.82 Å². The summed E-state index contributed by atoms with van der Waals surface area (Å²) in [5.41, 5.74) is 1.12. The van der Waals surface area contributed by atoms with Gasteiger partial charge in [-0.1, -0.05) is 6.07 Å². The van der Waals surface area contributed by atoms with E-state index in [0.717, 1.165) is 57.0 Å². The number of alkyl halides is 6. The molecule has 0 unspecified atom stereocenters. The van der Waals surface area contributed by atoms with E-state index in [-0.39, 0.29) is 5.91 Å². The summed E-state index contributed by atoms with van der Waals surface area (Å²) in [5.74, 6) is -2.97. The molecule has 5 rings (SSSR count). The molecule has 0 radical (unpaired) electrons. The predicted octanol–water partition coefficient (Wildman–Crippen LogP) is 2.53. The fourth-order valence-electron chi connectivity index (χ4n) is 4.44. The van der Waals surface area contributed by atoms with Crippen molar-refractivity contribution in [3.8, 4) is 0 Å². The molecule has 2 aromatic heterocycles. The summed E-state index contributed by atoms with van der Waals surface area (Å²) in [7, 11) is 0. The van der Waals surface area contributed by atoms with E-state index >= 15 is 0 Å². The zero-order valence-electron chi connectivity index (χ0n) is 20.8. The lowest BCUT2D eigenvalue weighted by molar-refractivity contribution is -0.193. The van der Waals surface area contributed by atoms with E-state index in [2.05, 4.69) is 36.0 Å². The molecule has 2 aliphatic heterocycles. The third kappa shape index (κ3) is 8.37. The molecule has 0 bridgehead atoms. The van der Waals surface area contributed by atoms with Gasteiger partial charge in [0.25, 0.3) is 5.91 Å². The molecule has 1 saturated carbocycles. The summed E-state index contributed by atoms with van der Waals surface area (Å²) in [6.45, 7) is 3.85. The standard InChI is InChI=1S/C19H24N6O.2C2HF3O2/c26-19(21-15-5-3-6-15)18-23-22-17-8-13-9-24(10-14(13)11-25(17)18)12-16-4-1-2-7-20-16;2*3-2(4,5)1(6)7/h1-2,4,7,13-15H,3,5-6,8-12H2,(H,21,26);2*(H,6,7)/t13-,14-;;/m0../s1. The molecule has 17 heteroatoms. The number of carboxylic acids is 2. The number of aliphatic carboxylic acids is 2. The fraction of sp³-hybridized carbons (Fsp3) is 0.565. The number of rotatable bonds is 4. The number of carbonyl (C=O) groups is 3. The number of carboxylic acid groups (broad SMARTS) is 2. The van der Waals surface area contributed by atoms with Crippen molar-refractivity contribution in [1.82, 2.24) is 30.0 Å². The minimum Gasteiger partial charge on any atom is -0.475 e. The first-order chi connectivity index (χ1) is 18.6. The van der Waals surface area contributed by atoms with Crippen molar-refractivity contribution in [2.45, 2.75) is 57.2 Å². The maximum Gasteiger partial charge on any atom is 0.490 e. The molecule has 2 atom stereocenters. The smallest absolute Gasteiger partial charge is 0.475 e. The van der Waals surface area contributed by atoms with Crippen LogP contribution in [0, 0.1) is 11.8 Å². The Labute approximate surface area is 223 Å². The predicted molar refractivity (Wildman–Crippen MR) is 123 cm³/mol. The number of fused-ring (bicyclic) bond motifs is 2. The third-order valence-electron chi connectivity index (χ3n) is 6.58. The van der Waals surface area contributed by atoms with Crippen molar-refractivity contribution in [3.05, 3.63) is 41.7 Å². The number of hydrogen-bond acceptors (Lipinski definition) is 7. The molecular weight excluding hydrogens is 554 g/mol. The number of aromatic nitrogens is 4. The van der Waals surface area contributed by atoms with Crippen LogP contribution in [0.3, 0.4) is 0 Å². The normalized spacial score (nSPS) is 20.4. The molecule has 1 aliphatic carbocycles. The van der Waals surface area contributed by atoms with Crippen LogP contribution in [0.5, 0.6) is 0 Å². The highest BCUT2D eigenvalue weighted by Crippen LogP contribution is 2.33. The van der Waals surface area contributed by atoms with Gasteiger partial charge < -0.3 is 20.1 Å². The van der Waals surface area contributed by atoms with Crippen molar-refractivity contribution in [1.29, 1.82) is 0 Å². The molecule has 3 N–H and O–H groups in total. The highest BCUT2D eigenvalue weighted by molar-refractivity contribution is 5.91. The Morgan fingerprint density at radius 2 is 1.52 bits per heavy atom. The van der Waals surface area contributed by atoms with Crippen molar-refractivity contribution < 1.29 is 50.9 Å². The molecule has 4 heterocycles. The molecule has 0 spiro atoms. The van der Waals surface area contributed by atoms with E-state index in [4.69, 9.17) is 19.8 Å². The van der Waals surface area contributed by atoms with Gasteiger partial charge in [0.1, 0.15) is 5.82 Å². The van der Waals surface area contributed by atoms with Gasteiger partial charge in [-0.05, 0) is 43.2 Å². The summed E-state index contributed by atoms with van der Waals surface area (Å²) in [6, 6.07) is 6.40. The average Bonchev–Trinajstić information content (AvgIpc) is 3.42. The van der Waals surface area contributed by atoms with Crippen LogP contribution in [0.25, 0.3) is 0 Å². The number of amides is 1. The van der Waals surface area contributed by atoms with Crippen LogP contribution in [0.15, 0.2) is 24.4 Å². The first-order valence-electron chi connectivity index (χ1n) is 12.1. The summed E-state index contributed by atoms with van der Waals surface area (Å²) >= 11 is 0. The zero-order valence-corrected chi connectivity index (χ0v) is 20.8. The number of halogens is 6. The van der Waals surface area contributed by atoms with Crippen molar-refractivity contribution in [3.63, 3.8) is 0 Å². The minimum absolute atomic E-state index is 0.0600. The van der Waals surface area contributed by atoms with E-state index in [0.29, 0.717) is 23.7 Å². The summed E-state index contributed by atoms with van der Waals surface area (Å²) < 4.78 is 65.5. The second kappa shape index (κ2) is 12.6. The van der Waals surface area contributed by atoms with E-state index in [9.17, 15) is 31.1 Å². The topological polar surface area (TPSA) is 151 Å². The van der Waals surface area contributed by atoms with Gasteiger partial charge in [0.05, 0.1) is 5.69 Å². The maximum absolute atomic E-state index is 12.5. The number of likely N-dealkylation sites (tertiary alicyclic amines) is 1. The lowest BCUT2D eigenvalue weighted by atomic mass is 9.89. The van der Waals surface area contributed by atoms with Crippen LogP contribution in [0.4, 0.5) is 26.3 Å². The number of hydrogen-bond donors (Lipinski definition) is 3. The van der Waals surface area contributed by atoms with Gasteiger partial charge in [0.15, 0.2) is 0 Å². The summed E-state index contributed by atoms with van der Waals surface area (Å²) in [5, 5.41) is 25.9. The van der Waals surface area contributed by atoms with Crippen molar-refractivity contribution in [2.75, 3.05) is 13.1 Å². The molecule has 3 aliphatic rings. The summed E-state index contributed by atoms with van der Waals surface area (Å²) in [4.78, 5) is 37.2. The van der Waals surface area contributed by atoms with Crippen LogP contribution in [0.1, 0.15) is 41.4 Å². The van der Waals surface area contributed by atoms with Gasteiger partial charge in [-0.25, -0.2) is 9.59 Å². The number of nitrogens with one attached hydrogen (secondary N) is 1. The number of nitrogens with zero attached hydrogens (tertiary/aromatic N) is 5. The van der Waals surface area contributed by atoms with Crippen LogP contribution < -0.4 is 5.32 Å². The minimum atomic E-state index is -5.08. The van der Waals surface area contributed by atoms with E-state index in [1.165, 1.54) is 6.42 Å². The number of pyridine rings is 1. The SMILES string of the molecule is O=C(NC1CCC1)c1nnc2n1C[C@@H]1CN(Cc3ccccn3)C[C@@H]1C2.O=C(O)C(F)(F)F.O=C(O)C(F)(F)F. The maximum atomic E-state index is 12.5. The number of carbonyl (C=O) groups excluding carboxylic acids is 1. The largest absolute Gasteiger partial charge is 0.490 e. The second-order valence-electron chi connectivity index (χ2n) is 9.50. The zero-order chi connectivity index (χ0) is 29.7. The Bertz CT molecular complexity index is 1160. The molecule has 1 amide bonds. The quantitative estimate of drug-likeness (QED) is 0.464. The molecule has 1 saturated heterocycles. The van der Waals surface area contributed by atoms with E-state index in [1.807, 2.05) is 18.3 Å². The Morgan fingerprint density at radius 1 is 0.925 bits per heavy atom.